The molecule has 0 bridgehead atoms. The van der Waals surface area contributed by atoms with Crippen molar-refractivity contribution >= 4 is 22.7 Å². The van der Waals surface area contributed by atoms with Crippen molar-refractivity contribution in [3.05, 3.63) is 29.5 Å². The number of hydrogen-bond donors (Lipinski definition) is 1. The maximum atomic E-state index is 13.3. The number of benzene rings is 1. The maximum Gasteiger partial charge on any atom is 0.254 e. The number of carbonyl (C=O) groups excluding carboxylic acids is 2. The zero-order chi connectivity index (χ0) is 17.8. The van der Waals surface area contributed by atoms with Gasteiger partial charge in [0, 0.05) is 24.0 Å². The predicted molar refractivity (Wildman–Crippen MR) is 94.5 cm³/mol. The Kier molecular flexibility index (Phi) is 3.52. The summed E-state index contributed by atoms with van der Waals surface area (Å²) in [6.07, 6.45) is 1.58. The standard InChI is InChI=1S/C19H23N3O3/c1-4-8-21-11-16(23)22-9-7-13-14-10-12(25-3)5-6-15(14)20-17(13)19(22,2)18(21)24/h5-6,10,20H,4,7-9,11H2,1-3H3/t19-/m1/s1. The van der Waals surface area contributed by atoms with E-state index in [0.717, 1.165) is 40.8 Å². The smallest absolute Gasteiger partial charge is 0.254 e. The van der Waals surface area contributed by atoms with E-state index in [1.807, 2.05) is 32.0 Å². The summed E-state index contributed by atoms with van der Waals surface area (Å²) in [6.45, 7) is 5.26. The molecule has 3 heterocycles. The Labute approximate surface area is 146 Å². The Bertz CT molecular complexity index is 872. The number of methoxy groups -OCH3 is 1. The van der Waals surface area contributed by atoms with Gasteiger partial charge >= 0.3 is 0 Å². The van der Waals surface area contributed by atoms with Crippen LogP contribution < -0.4 is 4.74 Å². The molecule has 1 saturated heterocycles. The van der Waals surface area contributed by atoms with Gasteiger partial charge in [0.05, 0.1) is 19.3 Å². The molecule has 2 aliphatic rings. The average Bonchev–Trinajstić information content (AvgIpc) is 2.99. The summed E-state index contributed by atoms with van der Waals surface area (Å²) < 4.78 is 5.35. The van der Waals surface area contributed by atoms with Crippen molar-refractivity contribution < 1.29 is 14.3 Å². The van der Waals surface area contributed by atoms with Gasteiger partial charge in [-0.3, -0.25) is 9.59 Å². The molecule has 0 aliphatic carbocycles. The first-order valence-electron chi connectivity index (χ1n) is 8.79. The molecule has 0 radical (unpaired) electrons. The first-order valence-corrected chi connectivity index (χ1v) is 8.79. The summed E-state index contributed by atoms with van der Waals surface area (Å²) in [5.41, 5.74) is 1.99. The van der Waals surface area contributed by atoms with Gasteiger partial charge in [0.2, 0.25) is 5.91 Å². The van der Waals surface area contributed by atoms with E-state index < -0.39 is 5.54 Å². The average molecular weight is 341 g/mol. The molecule has 2 aliphatic heterocycles. The SMILES string of the molecule is CCCN1CC(=O)N2CCc3c([nH]c4ccc(OC)cc34)[C@]2(C)C1=O. The molecule has 1 aromatic heterocycles. The number of nitrogens with zero attached hydrogens (tertiary/aromatic N) is 2. The number of rotatable bonds is 3. The second kappa shape index (κ2) is 5.51. The molecule has 132 valence electrons. The Morgan fingerprint density at radius 3 is 2.84 bits per heavy atom. The van der Waals surface area contributed by atoms with Crippen molar-refractivity contribution in [1.82, 2.24) is 14.8 Å². The van der Waals surface area contributed by atoms with E-state index in [9.17, 15) is 9.59 Å². The summed E-state index contributed by atoms with van der Waals surface area (Å²) in [6, 6.07) is 5.88. The number of carbonyl (C=O) groups is 2. The molecule has 0 saturated carbocycles. The fourth-order valence-electron chi connectivity index (χ4n) is 4.29. The summed E-state index contributed by atoms with van der Waals surface area (Å²) in [5.74, 6) is 0.825. The molecule has 1 fully saturated rings. The second-order valence-corrected chi connectivity index (χ2v) is 6.98. The molecule has 25 heavy (non-hydrogen) atoms. The van der Waals surface area contributed by atoms with Gasteiger partial charge in [-0.05, 0) is 43.5 Å². The van der Waals surface area contributed by atoms with E-state index in [-0.39, 0.29) is 18.4 Å². The molecular formula is C19H23N3O3. The van der Waals surface area contributed by atoms with Crippen molar-refractivity contribution in [2.45, 2.75) is 32.2 Å². The number of ether oxygens (including phenoxy) is 1. The Morgan fingerprint density at radius 2 is 2.12 bits per heavy atom. The van der Waals surface area contributed by atoms with Crippen LogP contribution in [-0.2, 0) is 21.5 Å². The van der Waals surface area contributed by atoms with Gasteiger partial charge in [0.1, 0.15) is 5.75 Å². The first-order chi connectivity index (χ1) is 12.0. The first kappa shape index (κ1) is 16.0. The highest BCUT2D eigenvalue weighted by atomic mass is 16.5. The summed E-state index contributed by atoms with van der Waals surface area (Å²) in [4.78, 5) is 32.8. The van der Waals surface area contributed by atoms with E-state index in [4.69, 9.17) is 4.74 Å². The third-order valence-corrected chi connectivity index (χ3v) is 5.55. The molecule has 1 atom stereocenters. The number of H-pyrrole nitrogens is 1. The van der Waals surface area contributed by atoms with Crippen molar-refractivity contribution in [1.29, 1.82) is 0 Å². The van der Waals surface area contributed by atoms with Crippen molar-refractivity contribution in [2.75, 3.05) is 26.7 Å². The van der Waals surface area contributed by atoms with Crippen LogP contribution in [0, 0.1) is 0 Å². The van der Waals surface area contributed by atoms with E-state index in [2.05, 4.69) is 4.98 Å². The molecule has 6 nitrogen and oxygen atoms in total. The normalized spacial score (nSPS) is 23.0. The van der Waals surface area contributed by atoms with Crippen LogP contribution in [-0.4, -0.2) is 53.3 Å². The van der Waals surface area contributed by atoms with E-state index in [0.29, 0.717) is 13.1 Å². The van der Waals surface area contributed by atoms with Gasteiger partial charge in [0.25, 0.3) is 5.91 Å². The fraction of sp³-hybridized carbons (Fsp3) is 0.474. The number of amides is 2. The van der Waals surface area contributed by atoms with Gasteiger partial charge in [-0.2, -0.15) is 0 Å². The lowest BCUT2D eigenvalue weighted by Crippen LogP contribution is -2.66. The third-order valence-electron chi connectivity index (χ3n) is 5.55. The molecular weight excluding hydrogens is 318 g/mol. The highest BCUT2D eigenvalue weighted by molar-refractivity contribution is 6.00. The minimum absolute atomic E-state index is 0.00780. The van der Waals surface area contributed by atoms with Gasteiger partial charge in [0.15, 0.2) is 5.54 Å². The topological polar surface area (TPSA) is 65.6 Å². The highest BCUT2D eigenvalue weighted by Crippen LogP contribution is 2.42. The molecule has 1 aromatic carbocycles. The van der Waals surface area contributed by atoms with Crippen LogP contribution in [0.4, 0.5) is 0 Å². The Morgan fingerprint density at radius 1 is 1.32 bits per heavy atom. The number of hydrogen-bond acceptors (Lipinski definition) is 3. The monoisotopic (exact) mass is 341 g/mol. The van der Waals surface area contributed by atoms with Gasteiger partial charge in [-0.15, -0.1) is 0 Å². The van der Waals surface area contributed by atoms with Crippen LogP contribution in [0.15, 0.2) is 18.2 Å². The van der Waals surface area contributed by atoms with Gasteiger partial charge < -0.3 is 19.5 Å². The van der Waals surface area contributed by atoms with Crippen molar-refractivity contribution in [3.63, 3.8) is 0 Å². The lowest BCUT2D eigenvalue weighted by molar-refractivity contribution is -0.165. The Balaban J connectivity index is 1.90. The summed E-state index contributed by atoms with van der Waals surface area (Å²) in [5, 5.41) is 1.07. The molecule has 4 rings (SSSR count). The minimum atomic E-state index is -0.954. The lowest BCUT2D eigenvalue weighted by atomic mass is 9.83. The highest BCUT2D eigenvalue weighted by Gasteiger charge is 2.53. The summed E-state index contributed by atoms with van der Waals surface area (Å²) >= 11 is 0. The molecule has 0 unspecified atom stereocenters. The number of piperazine rings is 1. The van der Waals surface area contributed by atoms with Crippen molar-refractivity contribution in [3.8, 4) is 5.75 Å². The van der Waals surface area contributed by atoms with Crippen LogP contribution in [0.3, 0.4) is 0 Å². The molecule has 2 aromatic rings. The lowest BCUT2D eigenvalue weighted by Gasteiger charge is -2.49. The van der Waals surface area contributed by atoms with Gasteiger partial charge in [-0.1, -0.05) is 6.92 Å². The second-order valence-electron chi connectivity index (χ2n) is 6.98. The maximum absolute atomic E-state index is 13.3. The van der Waals surface area contributed by atoms with E-state index >= 15 is 0 Å². The van der Waals surface area contributed by atoms with Crippen molar-refractivity contribution in [2.24, 2.45) is 0 Å². The number of fused-ring (bicyclic) bond motifs is 5. The Hall–Kier alpha value is -2.50. The molecule has 6 heteroatoms. The number of aromatic nitrogens is 1. The predicted octanol–water partition coefficient (Wildman–Crippen LogP) is 2.03. The number of aromatic amines is 1. The zero-order valence-electron chi connectivity index (χ0n) is 14.9. The van der Waals surface area contributed by atoms with Crippen LogP contribution in [0.1, 0.15) is 31.5 Å². The van der Waals surface area contributed by atoms with Crippen LogP contribution in [0.2, 0.25) is 0 Å². The van der Waals surface area contributed by atoms with Crippen LogP contribution >= 0.6 is 0 Å². The van der Waals surface area contributed by atoms with Crippen LogP contribution in [0.5, 0.6) is 5.75 Å². The molecule has 1 N–H and O–H groups in total. The summed E-state index contributed by atoms with van der Waals surface area (Å²) in [7, 11) is 1.65. The van der Waals surface area contributed by atoms with E-state index in [1.54, 1.807) is 16.9 Å². The van der Waals surface area contributed by atoms with E-state index in [1.165, 1.54) is 0 Å². The molecule has 0 spiro atoms. The zero-order valence-corrected chi connectivity index (χ0v) is 14.9. The molecule has 2 amide bonds. The van der Waals surface area contributed by atoms with Gasteiger partial charge in [-0.25, -0.2) is 0 Å². The third kappa shape index (κ3) is 2.09. The number of nitrogens with one attached hydrogen (secondary N) is 1. The van der Waals surface area contributed by atoms with Crippen LogP contribution in [0.25, 0.3) is 10.9 Å². The largest absolute Gasteiger partial charge is 0.497 e. The fourth-order valence-corrected chi connectivity index (χ4v) is 4.29. The minimum Gasteiger partial charge on any atom is -0.497 e. The quantitative estimate of drug-likeness (QED) is 0.929.